The molecule has 19 heavy (non-hydrogen) atoms. The standard InChI is InChI=1S/C14H12F3NS/c1-7-3-4-10(8(2)5-7)18-14-11(19)6-9(15)12(16)13(14)17/h3-6,18-19H,1-2H3. The second kappa shape index (κ2) is 5.17. The summed E-state index contributed by atoms with van der Waals surface area (Å²) in [4.78, 5) is 0.0105. The highest BCUT2D eigenvalue weighted by molar-refractivity contribution is 7.80. The average Bonchev–Trinajstić information content (AvgIpc) is 2.34. The van der Waals surface area contributed by atoms with E-state index in [0.717, 1.165) is 17.2 Å². The maximum atomic E-state index is 13.7. The van der Waals surface area contributed by atoms with E-state index in [1.807, 2.05) is 26.0 Å². The van der Waals surface area contributed by atoms with Crippen LogP contribution >= 0.6 is 12.6 Å². The summed E-state index contributed by atoms with van der Waals surface area (Å²) in [6.45, 7) is 3.77. The zero-order chi connectivity index (χ0) is 14.2. The van der Waals surface area contributed by atoms with Crippen molar-refractivity contribution in [3.8, 4) is 0 Å². The maximum Gasteiger partial charge on any atom is 0.196 e. The molecule has 0 unspecified atom stereocenters. The molecule has 0 aliphatic carbocycles. The van der Waals surface area contributed by atoms with Gasteiger partial charge in [0, 0.05) is 10.6 Å². The Morgan fingerprint density at radius 2 is 1.68 bits per heavy atom. The number of nitrogens with one attached hydrogen (secondary N) is 1. The summed E-state index contributed by atoms with van der Waals surface area (Å²) < 4.78 is 39.9. The van der Waals surface area contributed by atoms with Crippen molar-refractivity contribution in [1.29, 1.82) is 0 Å². The van der Waals surface area contributed by atoms with E-state index in [4.69, 9.17) is 0 Å². The van der Waals surface area contributed by atoms with Gasteiger partial charge in [-0.05, 0) is 31.5 Å². The van der Waals surface area contributed by atoms with E-state index >= 15 is 0 Å². The number of hydrogen-bond acceptors (Lipinski definition) is 2. The van der Waals surface area contributed by atoms with Crippen molar-refractivity contribution < 1.29 is 13.2 Å². The molecule has 0 spiro atoms. The van der Waals surface area contributed by atoms with Crippen LogP contribution in [-0.4, -0.2) is 0 Å². The first-order valence-electron chi connectivity index (χ1n) is 5.61. The van der Waals surface area contributed by atoms with Gasteiger partial charge in [0.2, 0.25) is 0 Å². The van der Waals surface area contributed by atoms with E-state index in [-0.39, 0.29) is 10.6 Å². The number of thiol groups is 1. The fourth-order valence-corrected chi connectivity index (χ4v) is 2.06. The molecule has 0 saturated heterocycles. The molecule has 5 heteroatoms. The minimum atomic E-state index is -1.51. The summed E-state index contributed by atoms with van der Waals surface area (Å²) in [5, 5.41) is 2.75. The molecule has 0 atom stereocenters. The maximum absolute atomic E-state index is 13.7. The molecule has 0 aliphatic heterocycles. The van der Waals surface area contributed by atoms with E-state index < -0.39 is 17.5 Å². The summed E-state index contributed by atoms with van der Waals surface area (Å²) in [7, 11) is 0. The molecular formula is C14H12F3NS. The largest absolute Gasteiger partial charge is 0.352 e. The van der Waals surface area contributed by atoms with E-state index in [1.54, 1.807) is 6.07 Å². The third-order valence-corrected chi connectivity index (χ3v) is 3.14. The number of rotatable bonds is 2. The molecule has 0 aliphatic rings. The first-order chi connectivity index (χ1) is 8.90. The van der Waals surface area contributed by atoms with E-state index in [1.165, 1.54) is 0 Å². The van der Waals surface area contributed by atoms with Crippen molar-refractivity contribution in [3.63, 3.8) is 0 Å². The normalized spacial score (nSPS) is 10.6. The first-order valence-corrected chi connectivity index (χ1v) is 6.05. The third-order valence-electron chi connectivity index (χ3n) is 2.78. The van der Waals surface area contributed by atoms with Crippen LogP contribution < -0.4 is 5.32 Å². The lowest BCUT2D eigenvalue weighted by Crippen LogP contribution is -2.02. The van der Waals surface area contributed by atoms with Crippen LogP contribution in [0, 0.1) is 31.3 Å². The summed E-state index contributed by atoms with van der Waals surface area (Å²) >= 11 is 3.96. The van der Waals surface area contributed by atoms with Crippen LogP contribution in [0.2, 0.25) is 0 Å². The number of benzene rings is 2. The zero-order valence-electron chi connectivity index (χ0n) is 10.4. The van der Waals surface area contributed by atoms with Gasteiger partial charge in [0.25, 0.3) is 0 Å². The van der Waals surface area contributed by atoms with Gasteiger partial charge in [-0.2, -0.15) is 0 Å². The topological polar surface area (TPSA) is 12.0 Å². The fraction of sp³-hybridized carbons (Fsp3) is 0.143. The van der Waals surface area contributed by atoms with Gasteiger partial charge in [0.1, 0.15) is 0 Å². The molecule has 2 aromatic carbocycles. The van der Waals surface area contributed by atoms with Crippen LogP contribution in [0.1, 0.15) is 11.1 Å². The molecule has 2 rings (SSSR count). The van der Waals surface area contributed by atoms with Crippen molar-refractivity contribution in [3.05, 3.63) is 52.8 Å². The summed E-state index contributed by atoms with van der Waals surface area (Å²) in [5.74, 6) is -4.04. The van der Waals surface area contributed by atoms with Crippen LogP contribution in [0.25, 0.3) is 0 Å². The Kier molecular flexibility index (Phi) is 3.75. The van der Waals surface area contributed by atoms with Crippen LogP contribution in [0.15, 0.2) is 29.2 Å². The fourth-order valence-electron chi connectivity index (χ4n) is 1.79. The van der Waals surface area contributed by atoms with Gasteiger partial charge in [0.15, 0.2) is 17.5 Å². The lowest BCUT2D eigenvalue weighted by atomic mass is 10.1. The Hall–Kier alpha value is -1.62. The van der Waals surface area contributed by atoms with Gasteiger partial charge < -0.3 is 5.32 Å². The third kappa shape index (κ3) is 2.71. The number of hydrogen-bond donors (Lipinski definition) is 2. The van der Waals surface area contributed by atoms with E-state index in [0.29, 0.717) is 5.69 Å². The van der Waals surface area contributed by atoms with E-state index in [2.05, 4.69) is 17.9 Å². The SMILES string of the molecule is Cc1ccc(Nc2c(S)cc(F)c(F)c2F)c(C)c1. The number of halogens is 3. The van der Waals surface area contributed by atoms with Crippen LogP contribution in [0.5, 0.6) is 0 Å². The molecule has 2 aromatic rings. The van der Waals surface area contributed by atoms with Gasteiger partial charge in [-0.1, -0.05) is 17.7 Å². The van der Waals surface area contributed by atoms with Crippen LogP contribution in [0.4, 0.5) is 24.5 Å². The monoisotopic (exact) mass is 283 g/mol. The molecule has 0 aromatic heterocycles. The second-order valence-corrected chi connectivity index (χ2v) is 4.81. The van der Waals surface area contributed by atoms with Gasteiger partial charge in [0.05, 0.1) is 5.69 Å². The summed E-state index contributed by atoms with van der Waals surface area (Å²) in [5.41, 5.74) is 2.37. The molecule has 0 fully saturated rings. The first kappa shape index (κ1) is 13.8. The molecule has 0 bridgehead atoms. The number of aryl methyl sites for hydroxylation is 2. The molecular weight excluding hydrogens is 271 g/mol. The van der Waals surface area contributed by atoms with E-state index in [9.17, 15) is 13.2 Å². The van der Waals surface area contributed by atoms with Gasteiger partial charge in [-0.25, -0.2) is 13.2 Å². The quantitative estimate of drug-likeness (QED) is 0.598. The minimum absolute atomic E-state index is 0.0105. The predicted molar refractivity (Wildman–Crippen MR) is 72.8 cm³/mol. The smallest absolute Gasteiger partial charge is 0.196 e. The Bertz CT molecular complexity index is 641. The van der Waals surface area contributed by atoms with Crippen molar-refractivity contribution in [2.75, 3.05) is 5.32 Å². The summed E-state index contributed by atoms with van der Waals surface area (Å²) in [6.07, 6.45) is 0. The number of anilines is 2. The predicted octanol–water partition coefficient (Wildman–Crippen LogP) is 4.75. The molecule has 0 saturated carbocycles. The van der Waals surface area contributed by atoms with Crippen molar-refractivity contribution in [2.24, 2.45) is 0 Å². The van der Waals surface area contributed by atoms with Crippen molar-refractivity contribution in [1.82, 2.24) is 0 Å². The van der Waals surface area contributed by atoms with Gasteiger partial charge >= 0.3 is 0 Å². The highest BCUT2D eigenvalue weighted by Gasteiger charge is 2.17. The second-order valence-electron chi connectivity index (χ2n) is 4.32. The molecule has 0 radical (unpaired) electrons. The average molecular weight is 283 g/mol. The molecule has 0 amide bonds. The minimum Gasteiger partial charge on any atom is -0.352 e. The lowest BCUT2D eigenvalue weighted by Gasteiger charge is -2.13. The molecule has 0 heterocycles. The molecule has 1 nitrogen and oxygen atoms in total. The zero-order valence-corrected chi connectivity index (χ0v) is 11.3. The molecule has 1 N–H and O–H groups in total. The Morgan fingerprint density at radius 3 is 2.32 bits per heavy atom. The van der Waals surface area contributed by atoms with Gasteiger partial charge in [-0.15, -0.1) is 12.6 Å². The Morgan fingerprint density at radius 1 is 1.00 bits per heavy atom. The lowest BCUT2D eigenvalue weighted by molar-refractivity contribution is 0.446. The highest BCUT2D eigenvalue weighted by atomic mass is 32.1. The summed E-state index contributed by atoms with van der Waals surface area (Å²) in [6, 6.07) is 6.33. The Labute approximate surface area is 114 Å². The Balaban J connectivity index is 2.47. The van der Waals surface area contributed by atoms with Crippen molar-refractivity contribution in [2.45, 2.75) is 18.7 Å². The highest BCUT2D eigenvalue weighted by Crippen LogP contribution is 2.31. The molecule has 100 valence electrons. The van der Waals surface area contributed by atoms with Crippen molar-refractivity contribution >= 4 is 24.0 Å². The van der Waals surface area contributed by atoms with Crippen LogP contribution in [0.3, 0.4) is 0 Å². The van der Waals surface area contributed by atoms with Gasteiger partial charge in [-0.3, -0.25) is 0 Å². The van der Waals surface area contributed by atoms with Crippen LogP contribution in [-0.2, 0) is 0 Å².